The molecule has 1 aromatic carbocycles. The lowest BCUT2D eigenvalue weighted by Gasteiger charge is -2.36. The van der Waals surface area contributed by atoms with E-state index in [1.165, 1.54) is 5.56 Å². The van der Waals surface area contributed by atoms with Crippen molar-refractivity contribution in [3.63, 3.8) is 0 Å². The minimum absolute atomic E-state index is 0.129. The molecule has 5 heteroatoms. The first kappa shape index (κ1) is 14.9. The minimum Gasteiger partial charge on any atom is -0.373 e. The largest absolute Gasteiger partial charge is 0.373 e. The van der Waals surface area contributed by atoms with Crippen molar-refractivity contribution in [2.45, 2.75) is 18.7 Å². The van der Waals surface area contributed by atoms with Gasteiger partial charge in [-0.25, -0.2) is 0 Å². The maximum absolute atomic E-state index is 12.6. The molecule has 2 atom stereocenters. The third-order valence-electron chi connectivity index (χ3n) is 4.70. The molecule has 0 spiro atoms. The van der Waals surface area contributed by atoms with E-state index in [-0.39, 0.29) is 12.0 Å². The fraction of sp³-hybridized carbons (Fsp3) is 0.389. The van der Waals surface area contributed by atoms with Crippen LogP contribution < -0.4 is 0 Å². The average Bonchev–Trinajstić information content (AvgIpc) is 3.25. The molecule has 23 heavy (non-hydrogen) atoms. The van der Waals surface area contributed by atoms with Gasteiger partial charge in [-0.05, 0) is 17.0 Å². The second-order valence-electron chi connectivity index (χ2n) is 6.15. The second kappa shape index (κ2) is 6.43. The molecule has 2 aromatic rings. The van der Waals surface area contributed by atoms with Gasteiger partial charge >= 0.3 is 0 Å². The molecular weight excluding hydrogens is 308 g/mol. The predicted octanol–water partition coefficient (Wildman–Crippen LogP) is 2.47. The molecule has 2 aliphatic heterocycles. The van der Waals surface area contributed by atoms with Crippen molar-refractivity contribution in [3.8, 4) is 0 Å². The number of carbonyl (C=O) groups is 1. The van der Waals surface area contributed by atoms with E-state index in [9.17, 15) is 4.79 Å². The van der Waals surface area contributed by atoms with Crippen molar-refractivity contribution < 1.29 is 9.53 Å². The maximum atomic E-state index is 12.6. The van der Waals surface area contributed by atoms with Crippen LogP contribution in [0.4, 0.5) is 0 Å². The maximum Gasteiger partial charge on any atom is 0.254 e. The van der Waals surface area contributed by atoms with Gasteiger partial charge in [0.2, 0.25) is 0 Å². The van der Waals surface area contributed by atoms with Crippen LogP contribution in [0.1, 0.15) is 15.9 Å². The molecular formula is C18H20N2O2S. The number of likely N-dealkylation sites (tertiary alicyclic amines) is 1. The summed E-state index contributed by atoms with van der Waals surface area (Å²) >= 11 is 1.57. The van der Waals surface area contributed by atoms with Crippen LogP contribution in [0.2, 0.25) is 0 Å². The summed E-state index contributed by atoms with van der Waals surface area (Å²) in [5.41, 5.74) is 2.11. The van der Waals surface area contributed by atoms with Crippen LogP contribution in [0, 0.1) is 0 Å². The fourth-order valence-electron chi connectivity index (χ4n) is 3.51. The van der Waals surface area contributed by atoms with E-state index in [1.807, 2.05) is 27.8 Å². The van der Waals surface area contributed by atoms with Gasteiger partial charge in [-0.1, -0.05) is 30.3 Å². The Morgan fingerprint density at radius 1 is 1.22 bits per heavy atom. The highest BCUT2D eigenvalue weighted by Gasteiger charge is 2.41. The molecule has 2 fully saturated rings. The lowest BCUT2D eigenvalue weighted by molar-refractivity contribution is -0.0503. The van der Waals surface area contributed by atoms with Gasteiger partial charge in [-0.15, -0.1) is 0 Å². The van der Waals surface area contributed by atoms with E-state index in [0.717, 1.165) is 31.8 Å². The quantitative estimate of drug-likeness (QED) is 0.868. The number of rotatable bonds is 3. The summed E-state index contributed by atoms with van der Waals surface area (Å²) in [4.78, 5) is 17.0. The number of amides is 1. The van der Waals surface area contributed by atoms with Gasteiger partial charge in [0.05, 0.1) is 24.3 Å². The van der Waals surface area contributed by atoms with Crippen molar-refractivity contribution in [3.05, 3.63) is 58.3 Å². The Labute approximate surface area is 140 Å². The molecule has 4 rings (SSSR count). The normalized spacial score (nSPS) is 24.6. The zero-order chi connectivity index (χ0) is 15.6. The summed E-state index contributed by atoms with van der Waals surface area (Å²) in [5.74, 6) is 0.129. The molecule has 2 saturated heterocycles. The molecule has 4 nitrogen and oxygen atoms in total. The predicted molar refractivity (Wildman–Crippen MR) is 90.6 cm³/mol. The monoisotopic (exact) mass is 328 g/mol. The average molecular weight is 328 g/mol. The third-order valence-corrected chi connectivity index (χ3v) is 5.38. The fourth-order valence-corrected chi connectivity index (χ4v) is 4.14. The van der Waals surface area contributed by atoms with Crippen molar-refractivity contribution >= 4 is 17.2 Å². The number of nitrogens with zero attached hydrogens (tertiary/aromatic N) is 2. The summed E-state index contributed by atoms with van der Waals surface area (Å²) in [5, 5.41) is 3.88. The van der Waals surface area contributed by atoms with Crippen LogP contribution in [0.25, 0.3) is 0 Å². The van der Waals surface area contributed by atoms with E-state index in [2.05, 4.69) is 29.2 Å². The number of fused-ring (bicyclic) bond motifs is 1. The van der Waals surface area contributed by atoms with Crippen molar-refractivity contribution in [2.24, 2.45) is 0 Å². The topological polar surface area (TPSA) is 32.8 Å². The lowest BCUT2D eigenvalue weighted by atomic mass is 10.1. The zero-order valence-electron chi connectivity index (χ0n) is 12.9. The smallest absolute Gasteiger partial charge is 0.254 e. The number of carbonyl (C=O) groups excluding carboxylic acids is 1. The molecule has 2 aliphatic rings. The summed E-state index contributed by atoms with van der Waals surface area (Å²) in [7, 11) is 0. The molecule has 0 N–H and O–H groups in total. The third kappa shape index (κ3) is 3.04. The summed E-state index contributed by atoms with van der Waals surface area (Å²) in [6.45, 7) is 4.05. The van der Waals surface area contributed by atoms with E-state index < -0.39 is 0 Å². The molecule has 2 unspecified atom stereocenters. The first-order chi connectivity index (χ1) is 11.3. The highest BCUT2D eigenvalue weighted by molar-refractivity contribution is 7.08. The van der Waals surface area contributed by atoms with Gasteiger partial charge in [0, 0.05) is 31.6 Å². The van der Waals surface area contributed by atoms with Gasteiger partial charge in [-0.3, -0.25) is 9.69 Å². The van der Waals surface area contributed by atoms with Crippen LogP contribution >= 0.6 is 11.3 Å². The van der Waals surface area contributed by atoms with Crippen molar-refractivity contribution in [1.29, 1.82) is 0 Å². The van der Waals surface area contributed by atoms with Gasteiger partial charge < -0.3 is 9.64 Å². The zero-order valence-corrected chi connectivity index (χ0v) is 13.7. The van der Waals surface area contributed by atoms with Gasteiger partial charge in [-0.2, -0.15) is 11.3 Å². The highest BCUT2D eigenvalue weighted by atomic mass is 32.1. The number of hydrogen-bond donors (Lipinski definition) is 0. The molecule has 0 radical (unpaired) electrons. The Balaban J connectivity index is 1.47. The SMILES string of the molecule is O=C(c1ccsc1)N1CC2OCCN(Cc3ccccc3)C2C1. The van der Waals surface area contributed by atoms with Gasteiger partial charge in [0.1, 0.15) is 0 Å². The standard InChI is InChI=1S/C18H20N2O2S/c21-18(15-6-9-23-13-15)20-11-16-17(12-20)22-8-7-19(16)10-14-4-2-1-3-5-14/h1-6,9,13,16-17H,7-8,10-12H2. The molecule has 120 valence electrons. The Bertz CT molecular complexity index is 659. The number of ether oxygens (including phenoxy) is 1. The van der Waals surface area contributed by atoms with Crippen molar-refractivity contribution in [2.75, 3.05) is 26.2 Å². The Morgan fingerprint density at radius 3 is 2.87 bits per heavy atom. The number of hydrogen-bond acceptors (Lipinski definition) is 4. The molecule has 0 bridgehead atoms. The molecule has 0 saturated carbocycles. The summed E-state index contributed by atoms with van der Waals surface area (Å²) in [6.07, 6.45) is 0.134. The lowest BCUT2D eigenvalue weighted by Crippen LogP contribution is -2.50. The van der Waals surface area contributed by atoms with Gasteiger partial charge in [0.15, 0.2) is 0 Å². The van der Waals surface area contributed by atoms with E-state index >= 15 is 0 Å². The van der Waals surface area contributed by atoms with Crippen LogP contribution in [0.3, 0.4) is 0 Å². The Kier molecular flexibility index (Phi) is 4.16. The van der Waals surface area contributed by atoms with Crippen LogP contribution in [0.5, 0.6) is 0 Å². The van der Waals surface area contributed by atoms with E-state index in [1.54, 1.807) is 11.3 Å². The number of morpholine rings is 1. The Morgan fingerprint density at radius 2 is 2.09 bits per heavy atom. The first-order valence-corrected chi connectivity index (χ1v) is 8.96. The highest BCUT2D eigenvalue weighted by Crippen LogP contribution is 2.26. The van der Waals surface area contributed by atoms with Gasteiger partial charge in [0.25, 0.3) is 5.91 Å². The van der Waals surface area contributed by atoms with Crippen LogP contribution in [0.15, 0.2) is 47.2 Å². The van der Waals surface area contributed by atoms with E-state index in [4.69, 9.17) is 4.74 Å². The minimum atomic E-state index is 0.129. The second-order valence-corrected chi connectivity index (χ2v) is 6.93. The molecule has 0 aliphatic carbocycles. The first-order valence-electron chi connectivity index (χ1n) is 8.02. The summed E-state index contributed by atoms with van der Waals surface area (Å²) in [6, 6.07) is 12.7. The van der Waals surface area contributed by atoms with Crippen LogP contribution in [-0.4, -0.2) is 54.1 Å². The van der Waals surface area contributed by atoms with E-state index in [0.29, 0.717) is 12.6 Å². The molecule has 3 heterocycles. The number of benzene rings is 1. The molecule has 1 amide bonds. The van der Waals surface area contributed by atoms with Crippen LogP contribution in [-0.2, 0) is 11.3 Å². The van der Waals surface area contributed by atoms with Crippen molar-refractivity contribution in [1.82, 2.24) is 9.80 Å². The summed E-state index contributed by atoms with van der Waals surface area (Å²) < 4.78 is 5.93. The molecule has 1 aromatic heterocycles. The Hall–Kier alpha value is -1.69. The number of thiophene rings is 1.